The van der Waals surface area contributed by atoms with E-state index in [1.807, 2.05) is 36.4 Å². The lowest BCUT2D eigenvalue weighted by Crippen LogP contribution is -2.07. The van der Waals surface area contributed by atoms with Crippen molar-refractivity contribution < 1.29 is 23.5 Å². The highest BCUT2D eigenvalue weighted by atomic mass is 16.6. The number of carbonyl (C=O) groups is 1. The molecule has 4 rings (SSSR count). The van der Waals surface area contributed by atoms with Crippen LogP contribution in [0.1, 0.15) is 16.2 Å². The Labute approximate surface area is 172 Å². The van der Waals surface area contributed by atoms with Crippen molar-refractivity contribution in [3.8, 4) is 28.6 Å². The molecule has 0 saturated carbocycles. The lowest BCUT2D eigenvalue weighted by molar-refractivity contribution is 0.0427. The molecule has 1 heterocycles. The van der Waals surface area contributed by atoms with Crippen LogP contribution in [0.4, 0.5) is 0 Å². The van der Waals surface area contributed by atoms with Gasteiger partial charge in [-0.3, -0.25) is 0 Å². The van der Waals surface area contributed by atoms with Gasteiger partial charge in [0.2, 0.25) is 5.82 Å². The fourth-order valence-electron chi connectivity index (χ4n) is 2.80. The van der Waals surface area contributed by atoms with Gasteiger partial charge in [-0.2, -0.15) is 4.98 Å². The molecule has 30 heavy (non-hydrogen) atoms. The summed E-state index contributed by atoms with van der Waals surface area (Å²) >= 11 is 0. The van der Waals surface area contributed by atoms with Crippen molar-refractivity contribution in [2.45, 2.75) is 6.61 Å². The predicted molar refractivity (Wildman–Crippen MR) is 108 cm³/mol. The summed E-state index contributed by atoms with van der Waals surface area (Å²) in [6, 6.07) is 23.4. The van der Waals surface area contributed by atoms with E-state index < -0.39 is 5.97 Å². The zero-order valence-electron chi connectivity index (χ0n) is 16.1. The minimum absolute atomic E-state index is 0.166. The second kappa shape index (κ2) is 8.91. The third-order valence-corrected chi connectivity index (χ3v) is 4.22. The van der Waals surface area contributed by atoms with Crippen LogP contribution in [0.3, 0.4) is 0 Å². The van der Waals surface area contributed by atoms with Crippen molar-refractivity contribution in [3.63, 3.8) is 0 Å². The Bertz CT molecular complexity index is 1140. The molecule has 0 bridgehead atoms. The molecular formula is C23H18N2O5. The van der Waals surface area contributed by atoms with Crippen LogP contribution < -0.4 is 9.47 Å². The number of nitrogens with zero attached hydrogens (tertiary/aromatic N) is 2. The first-order valence-corrected chi connectivity index (χ1v) is 9.19. The molecule has 0 spiro atoms. The summed E-state index contributed by atoms with van der Waals surface area (Å²) in [5, 5.41) is 3.94. The topological polar surface area (TPSA) is 83.7 Å². The smallest absolute Gasteiger partial charge is 0.342 e. The lowest BCUT2D eigenvalue weighted by atomic mass is 10.2. The van der Waals surface area contributed by atoms with Crippen molar-refractivity contribution in [2.75, 3.05) is 7.11 Å². The predicted octanol–water partition coefficient (Wildman–Crippen LogP) is 4.89. The number of esters is 1. The maximum atomic E-state index is 12.6. The number of carbonyl (C=O) groups excluding carboxylic acids is 1. The van der Waals surface area contributed by atoms with Gasteiger partial charge in [0.1, 0.15) is 22.8 Å². The number of benzene rings is 3. The second-order valence-electron chi connectivity index (χ2n) is 6.20. The van der Waals surface area contributed by atoms with Crippen molar-refractivity contribution >= 4 is 5.97 Å². The van der Waals surface area contributed by atoms with E-state index in [0.717, 1.165) is 0 Å². The summed E-state index contributed by atoms with van der Waals surface area (Å²) in [7, 11) is 1.57. The van der Waals surface area contributed by atoms with E-state index in [1.165, 1.54) is 0 Å². The molecule has 0 aliphatic heterocycles. The number of hydrogen-bond donors (Lipinski definition) is 0. The maximum Gasteiger partial charge on any atom is 0.342 e. The van der Waals surface area contributed by atoms with E-state index in [2.05, 4.69) is 10.1 Å². The van der Waals surface area contributed by atoms with Crippen LogP contribution in [-0.2, 0) is 11.3 Å². The quantitative estimate of drug-likeness (QED) is 0.407. The van der Waals surface area contributed by atoms with Crippen molar-refractivity contribution in [3.05, 3.63) is 90.3 Å². The van der Waals surface area contributed by atoms with Gasteiger partial charge in [0.05, 0.1) is 12.7 Å². The first-order chi connectivity index (χ1) is 14.7. The average molecular weight is 402 g/mol. The standard InChI is InChI=1S/C23H18N2O5/c1-27-19-13-7-5-11-17(19)22-24-21(30-25-22)15-28-23(26)18-12-6-8-14-20(18)29-16-9-3-2-4-10-16/h2-14H,15H2,1H3. The number of methoxy groups -OCH3 is 1. The molecule has 0 radical (unpaired) electrons. The Morgan fingerprint density at radius 3 is 2.40 bits per heavy atom. The van der Waals surface area contributed by atoms with Gasteiger partial charge < -0.3 is 18.7 Å². The molecular weight excluding hydrogens is 384 g/mol. The van der Waals surface area contributed by atoms with Crippen molar-refractivity contribution in [1.29, 1.82) is 0 Å². The van der Waals surface area contributed by atoms with Crippen LogP contribution in [0, 0.1) is 0 Å². The Kier molecular flexibility index (Phi) is 5.70. The van der Waals surface area contributed by atoms with Gasteiger partial charge in [-0.25, -0.2) is 4.79 Å². The van der Waals surface area contributed by atoms with Gasteiger partial charge in [0, 0.05) is 0 Å². The summed E-state index contributed by atoms with van der Waals surface area (Å²) in [6.07, 6.45) is 0. The lowest BCUT2D eigenvalue weighted by Gasteiger charge is -2.10. The monoisotopic (exact) mass is 402 g/mol. The summed E-state index contributed by atoms with van der Waals surface area (Å²) in [4.78, 5) is 16.9. The van der Waals surface area contributed by atoms with Gasteiger partial charge in [-0.15, -0.1) is 0 Å². The molecule has 7 heteroatoms. The van der Waals surface area contributed by atoms with Crippen LogP contribution in [0.5, 0.6) is 17.2 Å². The summed E-state index contributed by atoms with van der Waals surface area (Å²) in [5.74, 6) is 1.61. The molecule has 0 amide bonds. The fraction of sp³-hybridized carbons (Fsp3) is 0.0870. The molecule has 4 aromatic rings. The number of rotatable bonds is 7. The van der Waals surface area contributed by atoms with Crippen LogP contribution in [0.25, 0.3) is 11.4 Å². The van der Waals surface area contributed by atoms with Crippen LogP contribution >= 0.6 is 0 Å². The molecule has 0 aliphatic carbocycles. The highest BCUT2D eigenvalue weighted by molar-refractivity contribution is 5.92. The summed E-state index contributed by atoms with van der Waals surface area (Å²) in [6.45, 7) is -0.166. The van der Waals surface area contributed by atoms with E-state index in [4.69, 9.17) is 18.7 Å². The molecule has 150 valence electrons. The Balaban J connectivity index is 1.45. The normalized spacial score (nSPS) is 10.4. The minimum atomic E-state index is -0.557. The van der Waals surface area contributed by atoms with E-state index in [-0.39, 0.29) is 12.5 Å². The maximum absolute atomic E-state index is 12.6. The Morgan fingerprint density at radius 1 is 0.900 bits per heavy atom. The first kappa shape index (κ1) is 19.2. The Hall–Kier alpha value is -4.13. The number of hydrogen-bond acceptors (Lipinski definition) is 7. The van der Waals surface area contributed by atoms with Gasteiger partial charge in [0.15, 0.2) is 6.61 Å². The zero-order chi connectivity index (χ0) is 20.8. The molecule has 1 aromatic heterocycles. The highest BCUT2D eigenvalue weighted by Gasteiger charge is 2.17. The molecule has 0 fully saturated rings. The largest absolute Gasteiger partial charge is 0.496 e. The number of ether oxygens (including phenoxy) is 3. The molecule has 3 aromatic carbocycles. The van der Waals surface area contributed by atoms with E-state index in [9.17, 15) is 4.79 Å². The second-order valence-corrected chi connectivity index (χ2v) is 6.20. The average Bonchev–Trinajstić information content (AvgIpc) is 3.27. The van der Waals surface area contributed by atoms with Crippen LogP contribution in [0.15, 0.2) is 83.4 Å². The van der Waals surface area contributed by atoms with E-state index >= 15 is 0 Å². The van der Waals surface area contributed by atoms with Gasteiger partial charge in [-0.1, -0.05) is 47.6 Å². The fourth-order valence-corrected chi connectivity index (χ4v) is 2.80. The van der Waals surface area contributed by atoms with Gasteiger partial charge in [0.25, 0.3) is 5.89 Å². The van der Waals surface area contributed by atoms with E-state index in [1.54, 1.807) is 49.6 Å². The summed E-state index contributed by atoms with van der Waals surface area (Å²) in [5.41, 5.74) is 0.980. The third-order valence-electron chi connectivity index (χ3n) is 4.22. The molecule has 7 nitrogen and oxygen atoms in total. The molecule has 0 unspecified atom stereocenters. The minimum Gasteiger partial charge on any atom is -0.496 e. The van der Waals surface area contributed by atoms with Crippen molar-refractivity contribution in [2.24, 2.45) is 0 Å². The van der Waals surface area contributed by atoms with Gasteiger partial charge >= 0.3 is 5.97 Å². The van der Waals surface area contributed by atoms with Crippen LogP contribution in [-0.4, -0.2) is 23.2 Å². The summed E-state index contributed by atoms with van der Waals surface area (Å²) < 4.78 is 21.7. The van der Waals surface area contributed by atoms with Crippen molar-refractivity contribution in [1.82, 2.24) is 10.1 Å². The third kappa shape index (κ3) is 4.30. The number of aromatic nitrogens is 2. The first-order valence-electron chi connectivity index (χ1n) is 9.19. The van der Waals surface area contributed by atoms with E-state index in [0.29, 0.717) is 34.2 Å². The number of para-hydroxylation sites is 3. The molecule has 0 N–H and O–H groups in total. The molecule has 0 aliphatic rings. The van der Waals surface area contributed by atoms with Crippen LogP contribution in [0.2, 0.25) is 0 Å². The Morgan fingerprint density at radius 2 is 1.60 bits per heavy atom. The van der Waals surface area contributed by atoms with Gasteiger partial charge in [-0.05, 0) is 36.4 Å². The molecule has 0 saturated heterocycles. The zero-order valence-corrected chi connectivity index (χ0v) is 16.1. The molecule has 0 atom stereocenters. The SMILES string of the molecule is COc1ccccc1-c1noc(COC(=O)c2ccccc2Oc2ccccc2)n1. The highest BCUT2D eigenvalue weighted by Crippen LogP contribution is 2.28.